The van der Waals surface area contributed by atoms with Crippen molar-refractivity contribution < 1.29 is 18.7 Å². The van der Waals surface area contributed by atoms with E-state index in [1.807, 2.05) is 0 Å². The normalized spacial score (nSPS) is 9.94. The fraction of sp³-hybridized carbons (Fsp3) is 0.417. The molecule has 0 saturated heterocycles. The molecule has 100 valence electrons. The molecule has 0 aliphatic heterocycles. The molecule has 0 atom stereocenters. The molecule has 0 unspecified atom stereocenters. The number of carbonyl (C=O) groups is 1. The van der Waals surface area contributed by atoms with E-state index >= 15 is 0 Å². The van der Waals surface area contributed by atoms with Crippen LogP contribution in [0.1, 0.15) is 13.8 Å². The maximum Gasteiger partial charge on any atom is 0.325 e. The van der Waals surface area contributed by atoms with Gasteiger partial charge in [0.1, 0.15) is 6.54 Å². The standard InChI is InChI=1S/C12H17FN2O3/c1-3-17-11-6-10(9(14)5-8(11)13)15-7-12(16)18-4-2/h5-6,15H,3-4,7,14H2,1-2H3. The molecular formula is C12H17FN2O3. The van der Waals surface area contributed by atoms with Gasteiger partial charge in [-0.05, 0) is 13.8 Å². The fourth-order valence-corrected chi connectivity index (χ4v) is 1.37. The number of anilines is 2. The molecule has 0 aromatic heterocycles. The second-order valence-corrected chi connectivity index (χ2v) is 3.46. The van der Waals surface area contributed by atoms with E-state index in [0.29, 0.717) is 18.9 Å². The van der Waals surface area contributed by atoms with Crippen molar-refractivity contribution in [2.45, 2.75) is 13.8 Å². The van der Waals surface area contributed by atoms with Crippen LogP contribution in [0, 0.1) is 5.82 Å². The summed E-state index contributed by atoms with van der Waals surface area (Å²) < 4.78 is 23.3. The van der Waals surface area contributed by atoms with Crippen molar-refractivity contribution in [1.29, 1.82) is 0 Å². The van der Waals surface area contributed by atoms with Crippen LogP contribution in [0.25, 0.3) is 0 Å². The molecular weight excluding hydrogens is 239 g/mol. The summed E-state index contributed by atoms with van der Waals surface area (Å²) in [6.45, 7) is 4.09. The highest BCUT2D eigenvalue weighted by Gasteiger charge is 2.10. The zero-order valence-corrected chi connectivity index (χ0v) is 10.5. The number of carbonyl (C=O) groups excluding carboxylic acids is 1. The zero-order valence-electron chi connectivity index (χ0n) is 10.5. The first kappa shape index (κ1) is 14.1. The highest BCUT2D eigenvalue weighted by atomic mass is 19.1. The molecule has 0 fully saturated rings. The maximum absolute atomic E-state index is 13.4. The summed E-state index contributed by atoms with van der Waals surface area (Å²) >= 11 is 0. The van der Waals surface area contributed by atoms with Crippen LogP contribution in [-0.4, -0.2) is 25.7 Å². The van der Waals surface area contributed by atoms with Gasteiger partial charge in [-0.25, -0.2) is 4.39 Å². The molecule has 0 amide bonds. The third-order valence-corrected chi connectivity index (χ3v) is 2.13. The minimum atomic E-state index is -0.531. The second kappa shape index (κ2) is 6.68. The van der Waals surface area contributed by atoms with E-state index in [0.717, 1.165) is 6.07 Å². The molecule has 0 heterocycles. The lowest BCUT2D eigenvalue weighted by Gasteiger charge is -2.12. The summed E-state index contributed by atoms with van der Waals surface area (Å²) in [6, 6.07) is 2.58. The van der Waals surface area contributed by atoms with Gasteiger partial charge in [-0.1, -0.05) is 0 Å². The molecule has 3 N–H and O–H groups in total. The molecule has 1 aromatic rings. The number of ether oxygens (including phenoxy) is 2. The Labute approximate surface area is 105 Å². The Kier molecular flexibility index (Phi) is 5.23. The minimum Gasteiger partial charge on any atom is -0.491 e. The molecule has 0 aliphatic rings. The van der Waals surface area contributed by atoms with Crippen molar-refractivity contribution in [3.05, 3.63) is 17.9 Å². The lowest BCUT2D eigenvalue weighted by molar-refractivity contribution is -0.140. The van der Waals surface area contributed by atoms with Crippen molar-refractivity contribution >= 4 is 17.3 Å². The molecule has 6 heteroatoms. The highest BCUT2D eigenvalue weighted by Crippen LogP contribution is 2.28. The quantitative estimate of drug-likeness (QED) is 0.599. The van der Waals surface area contributed by atoms with E-state index in [-0.39, 0.29) is 18.0 Å². The van der Waals surface area contributed by atoms with Crippen LogP contribution < -0.4 is 15.8 Å². The number of benzene rings is 1. The first-order chi connectivity index (χ1) is 8.58. The Balaban J connectivity index is 2.75. The Morgan fingerprint density at radius 1 is 1.39 bits per heavy atom. The average Bonchev–Trinajstić information content (AvgIpc) is 2.31. The number of halogens is 1. The van der Waals surface area contributed by atoms with Gasteiger partial charge in [-0.2, -0.15) is 0 Å². The monoisotopic (exact) mass is 256 g/mol. The number of nitrogen functional groups attached to an aromatic ring is 1. The van der Waals surface area contributed by atoms with Gasteiger partial charge in [-0.15, -0.1) is 0 Å². The van der Waals surface area contributed by atoms with E-state index in [2.05, 4.69) is 5.32 Å². The van der Waals surface area contributed by atoms with E-state index in [9.17, 15) is 9.18 Å². The molecule has 0 radical (unpaired) electrons. The van der Waals surface area contributed by atoms with Gasteiger partial charge in [0.05, 0.1) is 24.6 Å². The first-order valence-electron chi connectivity index (χ1n) is 5.69. The van der Waals surface area contributed by atoms with E-state index in [1.54, 1.807) is 13.8 Å². The Hall–Kier alpha value is -1.98. The Morgan fingerprint density at radius 3 is 2.72 bits per heavy atom. The van der Waals surface area contributed by atoms with Crippen LogP contribution >= 0.6 is 0 Å². The van der Waals surface area contributed by atoms with Crippen LogP contribution in [0.2, 0.25) is 0 Å². The number of hydrogen-bond donors (Lipinski definition) is 2. The molecule has 1 rings (SSSR count). The summed E-state index contributed by atoms with van der Waals surface area (Å²) in [4.78, 5) is 11.2. The summed E-state index contributed by atoms with van der Waals surface area (Å²) in [6.07, 6.45) is 0. The summed E-state index contributed by atoms with van der Waals surface area (Å²) in [5.41, 5.74) is 6.28. The largest absolute Gasteiger partial charge is 0.491 e. The lowest BCUT2D eigenvalue weighted by Crippen LogP contribution is -2.17. The third kappa shape index (κ3) is 3.80. The van der Waals surface area contributed by atoms with Gasteiger partial charge in [0.25, 0.3) is 0 Å². The molecule has 0 bridgehead atoms. The van der Waals surface area contributed by atoms with E-state index < -0.39 is 11.8 Å². The lowest BCUT2D eigenvalue weighted by atomic mass is 10.2. The van der Waals surface area contributed by atoms with Gasteiger partial charge in [-0.3, -0.25) is 4.79 Å². The number of nitrogens with one attached hydrogen (secondary N) is 1. The molecule has 0 spiro atoms. The molecule has 0 aliphatic carbocycles. The summed E-state index contributed by atoms with van der Waals surface area (Å²) in [7, 11) is 0. The predicted molar refractivity (Wildman–Crippen MR) is 67.1 cm³/mol. The van der Waals surface area contributed by atoms with Gasteiger partial charge in [0.2, 0.25) is 0 Å². The Morgan fingerprint density at radius 2 is 2.11 bits per heavy atom. The van der Waals surface area contributed by atoms with Crippen LogP contribution in [0.3, 0.4) is 0 Å². The molecule has 18 heavy (non-hydrogen) atoms. The minimum absolute atomic E-state index is 0.0325. The summed E-state index contributed by atoms with van der Waals surface area (Å²) in [5.74, 6) is -0.840. The maximum atomic E-state index is 13.4. The van der Waals surface area contributed by atoms with Crippen molar-refractivity contribution in [2.24, 2.45) is 0 Å². The number of hydrogen-bond acceptors (Lipinski definition) is 5. The molecule has 5 nitrogen and oxygen atoms in total. The number of rotatable bonds is 6. The van der Waals surface area contributed by atoms with Crippen molar-refractivity contribution in [3.63, 3.8) is 0 Å². The van der Waals surface area contributed by atoms with Gasteiger partial charge < -0.3 is 20.5 Å². The van der Waals surface area contributed by atoms with Crippen molar-refractivity contribution in [3.8, 4) is 5.75 Å². The summed E-state index contributed by atoms with van der Waals surface area (Å²) in [5, 5.41) is 2.78. The van der Waals surface area contributed by atoms with Crippen molar-refractivity contribution in [2.75, 3.05) is 30.8 Å². The van der Waals surface area contributed by atoms with E-state index in [4.69, 9.17) is 15.2 Å². The van der Waals surface area contributed by atoms with Crippen LogP contribution in [0.15, 0.2) is 12.1 Å². The van der Waals surface area contributed by atoms with Crippen molar-refractivity contribution in [1.82, 2.24) is 0 Å². The van der Waals surface area contributed by atoms with Crippen LogP contribution in [0.4, 0.5) is 15.8 Å². The highest BCUT2D eigenvalue weighted by molar-refractivity contribution is 5.78. The first-order valence-corrected chi connectivity index (χ1v) is 5.69. The van der Waals surface area contributed by atoms with Gasteiger partial charge in [0.15, 0.2) is 11.6 Å². The number of nitrogens with two attached hydrogens (primary N) is 1. The Bertz CT molecular complexity index is 424. The van der Waals surface area contributed by atoms with Gasteiger partial charge in [0, 0.05) is 12.1 Å². The number of esters is 1. The zero-order chi connectivity index (χ0) is 13.5. The SMILES string of the molecule is CCOC(=O)CNc1cc(OCC)c(F)cc1N. The van der Waals surface area contributed by atoms with Crippen LogP contribution in [0.5, 0.6) is 5.75 Å². The predicted octanol–water partition coefficient (Wildman–Crippen LogP) is 1.78. The van der Waals surface area contributed by atoms with E-state index in [1.165, 1.54) is 6.07 Å². The average molecular weight is 256 g/mol. The second-order valence-electron chi connectivity index (χ2n) is 3.46. The fourth-order valence-electron chi connectivity index (χ4n) is 1.37. The third-order valence-electron chi connectivity index (χ3n) is 2.13. The molecule has 0 saturated carbocycles. The van der Waals surface area contributed by atoms with Crippen LogP contribution in [-0.2, 0) is 9.53 Å². The van der Waals surface area contributed by atoms with Gasteiger partial charge >= 0.3 is 5.97 Å². The topological polar surface area (TPSA) is 73.6 Å². The molecule has 1 aromatic carbocycles. The smallest absolute Gasteiger partial charge is 0.325 e.